The number of rotatable bonds is 6. The van der Waals surface area contributed by atoms with Crippen molar-refractivity contribution in [1.82, 2.24) is 4.98 Å². The van der Waals surface area contributed by atoms with Gasteiger partial charge in [0.2, 0.25) is 0 Å². The lowest BCUT2D eigenvalue weighted by atomic mass is 9.91. The number of benzene rings is 4. The van der Waals surface area contributed by atoms with Gasteiger partial charge in [0.15, 0.2) is 0 Å². The van der Waals surface area contributed by atoms with E-state index in [4.69, 9.17) is 4.99 Å². The zero-order chi connectivity index (χ0) is 26.4. The lowest BCUT2D eigenvalue weighted by molar-refractivity contribution is 1.05. The maximum Gasteiger partial charge on any atom is 0.0649 e. The molecule has 0 N–H and O–H groups in total. The average Bonchev–Trinajstić information content (AvgIpc) is 3.02. The number of nitrogens with zero attached hydrogens (tertiary/aromatic N) is 2. The van der Waals surface area contributed by atoms with E-state index in [9.17, 15) is 0 Å². The third kappa shape index (κ3) is 5.28. The number of hydrogen-bond acceptors (Lipinski definition) is 2. The van der Waals surface area contributed by atoms with Gasteiger partial charge < -0.3 is 0 Å². The number of fused-ring (bicyclic) bond motifs is 1. The van der Waals surface area contributed by atoms with Gasteiger partial charge in [-0.15, -0.1) is 0 Å². The number of allylic oxidation sites excluding steroid dienone is 5. The van der Waals surface area contributed by atoms with Gasteiger partial charge in [-0.2, -0.15) is 0 Å². The van der Waals surface area contributed by atoms with Gasteiger partial charge in [0.1, 0.15) is 0 Å². The Labute approximate surface area is 230 Å². The Balaban J connectivity index is 1.46. The molecule has 0 bridgehead atoms. The number of pyridine rings is 1. The van der Waals surface area contributed by atoms with Crippen molar-refractivity contribution < 1.29 is 0 Å². The monoisotopic (exact) mass is 502 g/mol. The van der Waals surface area contributed by atoms with Gasteiger partial charge in [-0.1, -0.05) is 109 Å². The second-order valence-corrected chi connectivity index (χ2v) is 9.76. The minimum atomic E-state index is 0.958. The summed E-state index contributed by atoms with van der Waals surface area (Å²) in [4.78, 5) is 9.28. The third-order valence-corrected chi connectivity index (χ3v) is 7.30. The quantitative estimate of drug-likeness (QED) is 0.212. The third-order valence-electron chi connectivity index (χ3n) is 7.30. The van der Waals surface area contributed by atoms with Crippen molar-refractivity contribution in [3.63, 3.8) is 0 Å². The molecule has 0 saturated carbocycles. The fourth-order valence-electron chi connectivity index (χ4n) is 5.29. The molecular weight excluding hydrogens is 472 g/mol. The Morgan fingerprint density at radius 2 is 1.49 bits per heavy atom. The summed E-state index contributed by atoms with van der Waals surface area (Å²) in [5, 5.41) is 2.34. The van der Waals surface area contributed by atoms with E-state index in [1.165, 1.54) is 16.5 Å². The Hall–Kier alpha value is -4.82. The standard InChI is InChI=1S/C37H30N2/c1-38-37(32-20-10-17-29(22-32)27-12-4-2-5-13-27)24-35(28-14-6-3-7-15-28)30-18-11-19-31(23-30)36-26-39-25-33-16-8-9-21-34(33)36/h2-4,6-12,14-26H,5,13H2,1H3/b35-24+,38-37?. The first-order valence-electron chi connectivity index (χ1n) is 13.4. The maximum atomic E-state index is 4.75. The highest BCUT2D eigenvalue weighted by atomic mass is 14.7. The van der Waals surface area contributed by atoms with Crippen LogP contribution >= 0.6 is 0 Å². The summed E-state index contributed by atoms with van der Waals surface area (Å²) in [7, 11) is 1.88. The molecule has 0 saturated heterocycles. The van der Waals surface area contributed by atoms with Crippen molar-refractivity contribution in [2.24, 2.45) is 4.99 Å². The highest BCUT2D eigenvalue weighted by Crippen LogP contribution is 2.32. The molecule has 1 aliphatic rings. The highest BCUT2D eigenvalue weighted by molar-refractivity contribution is 6.14. The summed E-state index contributed by atoms with van der Waals surface area (Å²) in [6, 6.07) is 36.5. The van der Waals surface area contributed by atoms with Crippen molar-refractivity contribution in [2.75, 3.05) is 7.05 Å². The van der Waals surface area contributed by atoms with Crippen LogP contribution in [0.1, 0.15) is 35.1 Å². The summed E-state index contributed by atoms with van der Waals surface area (Å²) in [6.07, 6.45) is 14.9. The van der Waals surface area contributed by atoms with Crippen LogP contribution in [0.15, 0.2) is 145 Å². The van der Waals surface area contributed by atoms with Crippen LogP contribution in [0.4, 0.5) is 0 Å². The molecule has 2 nitrogen and oxygen atoms in total. The van der Waals surface area contributed by atoms with Crippen molar-refractivity contribution >= 4 is 27.6 Å². The van der Waals surface area contributed by atoms with Gasteiger partial charge in [0.05, 0.1) is 5.71 Å². The zero-order valence-corrected chi connectivity index (χ0v) is 22.1. The van der Waals surface area contributed by atoms with E-state index >= 15 is 0 Å². The van der Waals surface area contributed by atoms with Gasteiger partial charge in [-0.3, -0.25) is 9.98 Å². The lowest BCUT2D eigenvalue weighted by Gasteiger charge is -2.14. The normalized spacial score (nSPS) is 13.9. The largest absolute Gasteiger partial charge is 0.288 e. The van der Waals surface area contributed by atoms with Crippen molar-refractivity contribution in [3.8, 4) is 11.1 Å². The van der Waals surface area contributed by atoms with Gasteiger partial charge in [-0.05, 0) is 69.8 Å². The van der Waals surface area contributed by atoms with Crippen LogP contribution in [0.5, 0.6) is 0 Å². The molecule has 0 fully saturated rings. The van der Waals surface area contributed by atoms with Crippen molar-refractivity contribution in [1.29, 1.82) is 0 Å². The molecule has 4 aromatic carbocycles. The van der Waals surface area contributed by atoms with E-state index < -0.39 is 0 Å². The molecular formula is C37H30N2. The summed E-state index contributed by atoms with van der Waals surface area (Å²) in [5.74, 6) is 0. The molecule has 6 rings (SSSR count). The summed E-state index contributed by atoms with van der Waals surface area (Å²) < 4.78 is 0. The number of aliphatic imine (C=N–C) groups is 1. The molecule has 0 amide bonds. The second-order valence-electron chi connectivity index (χ2n) is 9.76. The minimum Gasteiger partial charge on any atom is -0.288 e. The maximum absolute atomic E-state index is 4.75. The molecule has 0 radical (unpaired) electrons. The van der Waals surface area contributed by atoms with Crippen LogP contribution in [0.2, 0.25) is 0 Å². The second kappa shape index (κ2) is 11.3. The van der Waals surface area contributed by atoms with Gasteiger partial charge in [-0.25, -0.2) is 0 Å². The average molecular weight is 503 g/mol. The summed E-state index contributed by atoms with van der Waals surface area (Å²) >= 11 is 0. The van der Waals surface area contributed by atoms with E-state index in [0.717, 1.165) is 57.3 Å². The van der Waals surface area contributed by atoms with Crippen LogP contribution in [-0.2, 0) is 0 Å². The Morgan fingerprint density at radius 3 is 2.31 bits per heavy atom. The van der Waals surface area contributed by atoms with Crippen LogP contribution in [-0.4, -0.2) is 17.7 Å². The minimum absolute atomic E-state index is 0.958. The van der Waals surface area contributed by atoms with E-state index in [1.807, 2.05) is 19.4 Å². The number of aromatic nitrogens is 1. The SMILES string of the molecule is CN=C(/C=C(\c1ccccc1)c1cccc(-c2cncc3ccccc23)c1)c1cccc(C2=CC=CCC2)c1. The Bertz CT molecular complexity index is 1750. The van der Waals surface area contributed by atoms with E-state index in [2.05, 4.69) is 132 Å². The molecule has 0 unspecified atom stereocenters. The van der Waals surface area contributed by atoms with E-state index in [-0.39, 0.29) is 0 Å². The van der Waals surface area contributed by atoms with Crippen LogP contribution in [0.3, 0.4) is 0 Å². The molecule has 0 aliphatic heterocycles. The predicted octanol–water partition coefficient (Wildman–Crippen LogP) is 9.19. The molecule has 2 heteroatoms. The fraction of sp³-hybridized carbons (Fsp3) is 0.0811. The van der Waals surface area contributed by atoms with Crippen molar-refractivity contribution in [2.45, 2.75) is 12.8 Å². The fourth-order valence-corrected chi connectivity index (χ4v) is 5.29. The first-order valence-corrected chi connectivity index (χ1v) is 13.4. The van der Waals surface area contributed by atoms with Crippen molar-refractivity contribution in [3.05, 3.63) is 162 Å². The van der Waals surface area contributed by atoms with Crippen LogP contribution in [0.25, 0.3) is 33.0 Å². The van der Waals surface area contributed by atoms with Gasteiger partial charge in [0, 0.05) is 36.0 Å². The first-order chi connectivity index (χ1) is 19.3. The molecule has 188 valence electrons. The Morgan fingerprint density at radius 1 is 0.744 bits per heavy atom. The smallest absolute Gasteiger partial charge is 0.0649 e. The van der Waals surface area contributed by atoms with Crippen LogP contribution < -0.4 is 0 Å². The number of hydrogen-bond donors (Lipinski definition) is 0. The van der Waals surface area contributed by atoms with Gasteiger partial charge in [0.25, 0.3) is 0 Å². The molecule has 39 heavy (non-hydrogen) atoms. The van der Waals surface area contributed by atoms with Gasteiger partial charge >= 0.3 is 0 Å². The highest BCUT2D eigenvalue weighted by Gasteiger charge is 2.12. The lowest BCUT2D eigenvalue weighted by Crippen LogP contribution is -2.01. The Kier molecular flexibility index (Phi) is 7.09. The molecule has 0 spiro atoms. The zero-order valence-electron chi connectivity index (χ0n) is 22.1. The summed E-state index contributed by atoms with van der Waals surface area (Å²) in [6.45, 7) is 0. The molecule has 5 aromatic rings. The van der Waals surface area contributed by atoms with E-state index in [0.29, 0.717) is 0 Å². The topological polar surface area (TPSA) is 25.2 Å². The molecule has 0 atom stereocenters. The predicted molar refractivity (Wildman–Crippen MR) is 166 cm³/mol. The molecule has 1 heterocycles. The first kappa shape index (κ1) is 24.5. The molecule has 1 aromatic heterocycles. The van der Waals surface area contributed by atoms with E-state index in [1.54, 1.807) is 0 Å². The van der Waals surface area contributed by atoms with Crippen LogP contribution in [0, 0.1) is 0 Å². The summed E-state index contributed by atoms with van der Waals surface area (Å²) in [5.41, 5.74) is 10.4. The molecule has 1 aliphatic carbocycles.